The maximum Gasteiger partial charge on any atom is 3.00 e. The standard InChI is InChI=1S/C27H17N3.C11H8N.Ir/c1-2-7-19(8-3-1)28-15-16-29(18-28)20-13-14-22-24-11-6-10-23-21-9-4-5-12-25(21)30(27(23)24)26(22)17-20;1-2-6-10(7-3-1)11-8-4-5-9-12-11;/h1-12,14-18H;1-6,8-9H;/q-2;-1;+3. The zero-order valence-corrected chi connectivity index (χ0v) is 25.5. The Kier molecular flexibility index (Phi) is 7.12. The number of hydrogen-bond acceptors (Lipinski definition) is 3. The molecule has 5 heteroatoms. The molecule has 4 nitrogen and oxygen atoms in total. The molecule has 43 heavy (non-hydrogen) atoms. The molecule has 0 saturated heterocycles. The summed E-state index contributed by atoms with van der Waals surface area (Å²) >= 11 is 0. The number of nitrogens with zero attached hydrogens (tertiary/aromatic N) is 4. The molecule has 0 unspecified atom stereocenters. The molecule has 0 fully saturated rings. The van der Waals surface area contributed by atoms with E-state index in [0.29, 0.717) is 0 Å². The van der Waals surface area contributed by atoms with Crippen LogP contribution in [-0.2, 0) is 20.1 Å². The van der Waals surface area contributed by atoms with E-state index >= 15 is 0 Å². The zero-order chi connectivity index (χ0) is 27.9. The first-order chi connectivity index (χ1) is 20.8. The summed E-state index contributed by atoms with van der Waals surface area (Å²) in [7, 11) is 0. The van der Waals surface area contributed by atoms with E-state index in [4.69, 9.17) is 0 Å². The van der Waals surface area contributed by atoms with Crippen LogP contribution >= 0.6 is 0 Å². The Labute approximate surface area is 263 Å². The Hall–Kier alpha value is -4.96. The molecular formula is C38H25IrN4. The molecule has 0 bridgehead atoms. The Bertz CT molecular complexity index is 2140. The summed E-state index contributed by atoms with van der Waals surface area (Å²) in [6.45, 7) is 2.10. The van der Waals surface area contributed by atoms with E-state index in [2.05, 4.69) is 129 Å². The van der Waals surface area contributed by atoms with Gasteiger partial charge in [-0.2, -0.15) is 12.1 Å². The van der Waals surface area contributed by atoms with Gasteiger partial charge in [0, 0.05) is 28.2 Å². The zero-order valence-electron chi connectivity index (χ0n) is 23.1. The van der Waals surface area contributed by atoms with Crippen molar-refractivity contribution in [1.29, 1.82) is 0 Å². The van der Waals surface area contributed by atoms with Crippen molar-refractivity contribution in [1.82, 2.24) is 9.38 Å². The van der Waals surface area contributed by atoms with E-state index in [9.17, 15) is 0 Å². The fourth-order valence-electron chi connectivity index (χ4n) is 5.83. The van der Waals surface area contributed by atoms with E-state index < -0.39 is 0 Å². The summed E-state index contributed by atoms with van der Waals surface area (Å²) < 4.78 is 2.40. The van der Waals surface area contributed by atoms with E-state index in [-0.39, 0.29) is 20.1 Å². The minimum Gasteiger partial charge on any atom is -0.500 e. The molecule has 3 aromatic heterocycles. The number of aromatic nitrogens is 2. The van der Waals surface area contributed by atoms with Crippen molar-refractivity contribution < 1.29 is 20.1 Å². The van der Waals surface area contributed by atoms with Gasteiger partial charge in [0.25, 0.3) is 0 Å². The predicted molar refractivity (Wildman–Crippen MR) is 173 cm³/mol. The molecule has 4 heterocycles. The average Bonchev–Trinajstić information content (AvgIpc) is 3.79. The van der Waals surface area contributed by atoms with Crippen LogP contribution < -0.4 is 9.80 Å². The molecule has 9 rings (SSSR count). The number of rotatable bonds is 3. The van der Waals surface area contributed by atoms with Gasteiger partial charge in [-0.05, 0) is 47.7 Å². The summed E-state index contributed by atoms with van der Waals surface area (Å²) in [6, 6.07) is 50.3. The Balaban J connectivity index is 0.000000195. The molecule has 0 N–H and O–H groups in total. The van der Waals surface area contributed by atoms with Gasteiger partial charge < -0.3 is 19.2 Å². The number of pyridine rings is 1. The molecule has 1 aliphatic rings. The third-order valence-corrected chi connectivity index (χ3v) is 7.76. The summed E-state index contributed by atoms with van der Waals surface area (Å²) in [5, 5.41) is 5.14. The largest absolute Gasteiger partial charge is 3.00 e. The minimum atomic E-state index is 0. The molecule has 0 amide bonds. The first-order valence-electron chi connectivity index (χ1n) is 14.0. The fourth-order valence-corrected chi connectivity index (χ4v) is 5.83. The fraction of sp³-hybridized carbons (Fsp3) is 0. The van der Waals surface area contributed by atoms with Crippen molar-refractivity contribution in [2.24, 2.45) is 0 Å². The Morgan fingerprint density at radius 3 is 2.16 bits per heavy atom. The van der Waals surface area contributed by atoms with Crippen LogP contribution in [0.1, 0.15) is 0 Å². The maximum absolute atomic E-state index is 4.22. The monoisotopic (exact) mass is 730 g/mol. The van der Waals surface area contributed by atoms with Crippen LogP contribution in [0.2, 0.25) is 0 Å². The van der Waals surface area contributed by atoms with Crippen molar-refractivity contribution in [2.45, 2.75) is 0 Å². The Morgan fingerprint density at radius 2 is 1.35 bits per heavy atom. The van der Waals surface area contributed by atoms with Gasteiger partial charge in [0.15, 0.2) is 0 Å². The molecule has 0 saturated carbocycles. The number of anilines is 2. The first-order valence-corrected chi connectivity index (χ1v) is 14.0. The normalized spacial score (nSPS) is 12.7. The average molecular weight is 730 g/mol. The third kappa shape index (κ3) is 4.73. The molecule has 0 spiro atoms. The molecule has 1 aliphatic heterocycles. The number of fused-ring (bicyclic) bond motifs is 6. The van der Waals surface area contributed by atoms with Crippen molar-refractivity contribution in [3.05, 3.63) is 165 Å². The van der Waals surface area contributed by atoms with Crippen molar-refractivity contribution in [3.8, 4) is 11.3 Å². The van der Waals surface area contributed by atoms with Crippen molar-refractivity contribution >= 4 is 49.5 Å². The van der Waals surface area contributed by atoms with Crippen LogP contribution in [0.25, 0.3) is 49.4 Å². The van der Waals surface area contributed by atoms with E-state index in [0.717, 1.165) is 22.6 Å². The molecule has 5 aromatic carbocycles. The summed E-state index contributed by atoms with van der Waals surface area (Å²) in [5.41, 5.74) is 7.95. The summed E-state index contributed by atoms with van der Waals surface area (Å²) in [4.78, 5) is 8.47. The van der Waals surface area contributed by atoms with Crippen LogP contribution in [0.5, 0.6) is 0 Å². The molecule has 8 aromatic rings. The van der Waals surface area contributed by atoms with Crippen LogP contribution in [0, 0.1) is 18.8 Å². The molecule has 0 aliphatic carbocycles. The van der Waals surface area contributed by atoms with E-state index in [1.807, 2.05) is 48.5 Å². The van der Waals surface area contributed by atoms with Crippen LogP contribution in [0.15, 0.2) is 146 Å². The van der Waals surface area contributed by atoms with Gasteiger partial charge in [0.2, 0.25) is 0 Å². The van der Waals surface area contributed by atoms with Crippen LogP contribution in [-0.4, -0.2) is 9.38 Å². The van der Waals surface area contributed by atoms with Crippen LogP contribution in [0.3, 0.4) is 0 Å². The van der Waals surface area contributed by atoms with Gasteiger partial charge in [0.05, 0.1) is 5.52 Å². The van der Waals surface area contributed by atoms with Gasteiger partial charge in [-0.15, -0.1) is 59.7 Å². The van der Waals surface area contributed by atoms with Crippen molar-refractivity contribution in [3.63, 3.8) is 0 Å². The predicted octanol–water partition coefficient (Wildman–Crippen LogP) is 9.10. The van der Waals surface area contributed by atoms with E-state index in [1.165, 1.54) is 38.1 Å². The smallest absolute Gasteiger partial charge is 0.500 e. The number of hydrogen-bond donors (Lipinski definition) is 0. The van der Waals surface area contributed by atoms with Gasteiger partial charge in [-0.3, -0.25) is 0 Å². The van der Waals surface area contributed by atoms with Gasteiger partial charge in [0.1, 0.15) is 0 Å². The maximum atomic E-state index is 4.22. The number of para-hydroxylation sites is 3. The SMILES string of the molecule is [Ir+3].[c-]1cc2c3cccc4c5ccccc5n(c2cc1N1C=CN(c2ccccc2)[CH-]1)c43.[c-]1ccccc1-c1ccccn1. The van der Waals surface area contributed by atoms with Crippen LogP contribution in [0.4, 0.5) is 11.4 Å². The van der Waals surface area contributed by atoms with E-state index in [1.54, 1.807) is 6.20 Å². The second-order valence-electron chi connectivity index (χ2n) is 10.2. The summed E-state index contributed by atoms with van der Waals surface area (Å²) in [6.07, 6.45) is 5.95. The van der Waals surface area contributed by atoms with Gasteiger partial charge in [-0.1, -0.05) is 72.2 Å². The molecule has 206 valence electrons. The summed E-state index contributed by atoms with van der Waals surface area (Å²) in [5.74, 6) is 0. The van der Waals surface area contributed by atoms with Gasteiger partial charge >= 0.3 is 20.1 Å². The second kappa shape index (κ2) is 11.4. The molecule has 0 atom stereocenters. The Morgan fingerprint density at radius 1 is 0.605 bits per heavy atom. The molecule has 0 radical (unpaired) electrons. The topological polar surface area (TPSA) is 23.8 Å². The molecular weight excluding hydrogens is 705 g/mol. The van der Waals surface area contributed by atoms with Gasteiger partial charge in [-0.25, -0.2) is 0 Å². The minimum absolute atomic E-state index is 0. The number of benzene rings is 5. The second-order valence-corrected chi connectivity index (χ2v) is 10.2. The first kappa shape index (κ1) is 26.9. The van der Waals surface area contributed by atoms with Crippen molar-refractivity contribution in [2.75, 3.05) is 9.80 Å². The quantitative estimate of drug-likeness (QED) is 0.170. The third-order valence-electron chi connectivity index (χ3n) is 7.76.